The number of aliphatic hydroxyl groups excluding tert-OH is 5. The van der Waals surface area contributed by atoms with Gasteiger partial charge in [0.2, 0.25) is 0 Å². The van der Waals surface area contributed by atoms with Crippen molar-refractivity contribution in [3.05, 3.63) is 122 Å². The van der Waals surface area contributed by atoms with Crippen LogP contribution in [0.1, 0.15) is 136 Å². The van der Waals surface area contributed by atoms with Crippen LogP contribution >= 0.6 is 15.6 Å². The van der Waals surface area contributed by atoms with E-state index < -0.39 is 89.6 Å². The molecule has 1 rings (SSSR count). The van der Waals surface area contributed by atoms with E-state index >= 15 is 0 Å². The van der Waals surface area contributed by atoms with Gasteiger partial charge in [0.25, 0.3) is 0 Å². The number of allylic oxidation sites excluding steroid dienone is 18. The van der Waals surface area contributed by atoms with E-state index in [2.05, 4.69) is 79.1 Å². The van der Waals surface area contributed by atoms with E-state index in [0.717, 1.165) is 51.4 Å². The van der Waals surface area contributed by atoms with E-state index in [4.69, 9.17) is 18.5 Å². The van der Waals surface area contributed by atoms with Gasteiger partial charge >= 0.3 is 27.6 Å². The highest BCUT2D eigenvalue weighted by Crippen LogP contribution is 2.49. The third-order valence-electron chi connectivity index (χ3n) is 10.6. The zero-order valence-electron chi connectivity index (χ0n) is 42.2. The zero-order chi connectivity index (χ0) is 53.3. The van der Waals surface area contributed by atoms with Crippen molar-refractivity contribution in [2.75, 3.05) is 13.2 Å². The predicted molar refractivity (Wildman–Crippen MR) is 279 cm³/mol. The minimum atomic E-state index is -5.39. The van der Waals surface area contributed by atoms with E-state index in [0.29, 0.717) is 38.5 Å². The Balaban J connectivity index is 2.67. The molecule has 1 aliphatic rings. The highest BCUT2D eigenvalue weighted by atomic mass is 31.2. The molecule has 72 heavy (non-hydrogen) atoms. The molecule has 0 aliphatic heterocycles. The fraction of sp³-hybridized carbons (Fsp3) is 0.585. The number of phosphoric ester groups is 2. The number of ether oxygens (including phenoxy) is 2. The molecule has 1 aliphatic carbocycles. The van der Waals surface area contributed by atoms with Gasteiger partial charge in [0.05, 0.1) is 12.7 Å². The van der Waals surface area contributed by atoms with Crippen LogP contribution in [0.25, 0.3) is 0 Å². The molecule has 6 unspecified atom stereocenters. The number of carbonyl (C=O) groups is 2. The molecule has 19 heteroatoms. The fourth-order valence-corrected chi connectivity index (χ4v) is 8.24. The Morgan fingerprint density at radius 2 is 1.04 bits per heavy atom. The Bertz CT molecular complexity index is 1860. The molecule has 0 saturated heterocycles. The zero-order valence-corrected chi connectivity index (χ0v) is 44.0. The monoisotopic (exact) mass is 1050 g/mol. The average molecular weight is 1060 g/mol. The summed E-state index contributed by atoms with van der Waals surface area (Å²) in [4.78, 5) is 54.4. The van der Waals surface area contributed by atoms with Crippen molar-refractivity contribution in [1.82, 2.24) is 0 Å². The van der Waals surface area contributed by atoms with Crippen molar-refractivity contribution in [3.63, 3.8) is 0 Å². The van der Waals surface area contributed by atoms with E-state index in [1.54, 1.807) is 12.2 Å². The second kappa shape index (κ2) is 41.7. The van der Waals surface area contributed by atoms with E-state index in [1.165, 1.54) is 19.3 Å². The van der Waals surface area contributed by atoms with Crippen LogP contribution in [0.15, 0.2) is 122 Å². The summed E-state index contributed by atoms with van der Waals surface area (Å²) in [5.74, 6) is -1.38. The lowest BCUT2D eigenvalue weighted by Crippen LogP contribution is -2.64. The van der Waals surface area contributed by atoms with Gasteiger partial charge in [-0.25, -0.2) is 9.13 Å². The van der Waals surface area contributed by atoms with Crippen LogP contribution in [0.4, 0.5) is 0 Å². The van der Waals surface area contributed by atoms with E-state index in [-0.39, 0.29) is 12.8 Å². The molecule has 0 bridgehead atoms. The summed E-state index contributed by atoms with van der Waals surface area (Å²) in [6.45, 7) is 2.81. The molecule has 1 saturated carbocycles. The van der Waals surface area contributed by atoms with Crippen molar-refractivity contribution >= 4 is 27.6 Å². The topological polar surface area (TPSA) is 276 Å². The molecule has 17 nitrogen and oxygen atoms in total. The molecule has 0 aromatic heterocycles. The summed E-state index contributed by atoms with van der Waals surface area (Å²) < 4.78 is 49.3. The Morgan fingerprint density at radius 3 is 1.61 bits per heavy atom. The molecule has 0 amide bonds. The fourth-order valence-electron chi connectivity index (χ4n) is 6.71. The van der Waals surface area contributed by atoms with Crippen LogP contribution in [-0.4, -0.2) is 114 Å². The summed E-state index contributed by atoms with van der Waals surface area (Å²) >= 11 is 0. The number of hydrogen-bond acceptors (Lipinski definition) is 14. The third kappa shape index (κ3) is 35.5. The lowest BCUT2D eigenvalue weighted by atomic mass is 9.85. The number of rotatable bonds is 40. The number of hydrogen-bond donors (Lipinski definition) is 8. The minimum absolute atomic E-state index is 0.0273. The van der Waals surface area contributed by atoms with Crippen molar-refractivity contribution in [2.24, 2.45) is 0 Å². The Hall–Kier alpha value is -3.64. The summed E-state index contributed by atoms with van der Waals surface area (Å²) in [5.41, 5.74) is 0. The molecule has 9 atom stereocenters. The molecular formula is C53H84O17P2. The van der Waals surface area contributed by atoms with Gasteiger partial charge in [-0.05, 0) is 89.9 Å². The summed E-state index contributed by atoms with van der Waals surface area (Å²) in [5, 5.41) is 51.3. The first-order valence-corrected chi connectivity index (χ1v) is 28.2. The van der Waals surface area contributed by atoms with Gasteiger partial charge in [-0.1, -0.05) is 155 Å². The predicted octanol–water partition coefficient (Wildman–Crippen LogP) is 9.25. The molecule has 0 aromatic rings. The molecular weight excluding hydrogens is 971 g/mol. The highest BCUT2D eigenvalue weighted by molar-refractivity contribution is 7.47. The molecule has 0 radical (unpaired) electrons. The minimum Gasteiger partial charge on any atom is -0.462 e. The molecule has 0 aromatic carbocycles. The van der Waals surface area contributed by atoms with Gasteiger partial charge in [-0.3, -0.25) is 23.2 Å². The van der Waals surface area contributed by atoms with Crippen LogP contribution in [0.5, 0.6) is 0 Å². The van der Waals surface area contributed by atoms with Gasteiger partial charge in [0.15, 0.2) is 6.10 Å². The normalized spacial score (nSPS) is 22.2. The Labute approximate surface area is 427 Å². The smallest absolute Gasteiger partial charge is 0.462 e. The number of aliphatic hydroxyl groups is 5. The maximum Gasteiger partial charge on any atom is 0.472 e. The molecule has 1 fully saturated rings. The first-order chi connectivity index (χ1) is 34.5. The first kappa shape index (κ1) is 66.4. The third-order valence-corrected chi connectivity index (χ3v) is 12.1. The number of unbranched alkanes of at least 4 members (excludes halogenated alkanes) is 6. The van der Waals surface area contributed by atoms with Gasteiger partial charge in [0, 0.05) is 12.8 Å². The largest absolute Gasteiger partial charge is 0.472 e. The number of carbonyl (C=O) groups excluding carboxylic acids is 2. The van der Waals surface area contributed by atoms with Crippen molar-refractivity contribution in [1.29, 1.82) is 0 Å². The summed E-state index contributed by atoms with van der Waals surface area (Å²) in [7, 11) is -10.7. The number of esters is 2. The van der Waals surface area contributed by atoms with E-state index in [1.807, 2.05) is 48.6 Å². The van der Waals surface area contributed by atoms with Crippen LogP contribution < -0.4 is 0 Å². The standard InChI is InChI=1S/C53H84O17P2/c1-3-5-7-9-11-12-13-14-15-16-17-18-19-20-21-26-29-33-37-41-47(56)68-45(43-67-72(64,65)70-53-50(59)48(57)49(58)52(51(53)60)69-71(61,62)63)42-66-46(55)40-36-32-28-25-23-22-24-27-31-35-39-44(54)38-34-30-10-8-6-4-2/h6,8,11-12,14-15,17-18,20-23,27-28,30-32,34-35,39,44-45,48-54,57-60H,3-5,7,9-10,13,16,19,24-26,29,33,36-38,40-43H2,1-2H3,(H,64,65)(H2,61,62,63)/b8-6-,12-11-,15-14-,18-17-,21-20-,23-22-,31-27-,32-28-,34-30-,39-35+/t44?,45-,48?,49?,50?,51?,52-,53+/m1/s1. The van der Waals surface area contributed by atoms with E-state index in [9.17, 15) is 58.9 Å². The Kier molecular flexibility index (Phi) is 38.4. The van der Waals surface area contributed by atoms with Gasteiger partial charge < -0.3 is 49.7 Å². The van der Waals surface area contributed by atoms with Crippen LogP contribution in [0, 0.1) is 0 Å². The average Bonchev–Trinajstić information content (AvgIpc) is 3.33. The molecule has 408 valence electrons. The second-order valence-corrected chi connectivity index (χ2v) is 19.6. The number of phosphoric acid groups is 2. The SMILES string of the molecule is CC/C=C\C/C=C\CC(O)/C=C/C=C\C/C=C\C/C=C\CCC(=O)OC[C@H](COP(=O)(O)O[C@H]1C(O)C(O)C(O)[C@@H](OP(=O)(O)O)C1O)OC(=O)CCCCC/C=C\C/C=C\C/C=C\C/C=C\CCCCC. The van der Waals surface area contributed by atoms with Crippen LogP contribution in [0.3, 0.4) is 0 Å². The first-order valence-electron chi connectivity index (χ1n) is 25.2. The van der Waals surface area contributed by atoms with Crippen molar-refractivity contribution in [3.8, 4) is 0 Å². The van der Waals surface area contributed by atoms with Gasteiger partial charge in [-0.15, -0.1) is 0 Å². The quantitative estimate of drug-likeness (QED) is 0.00933. The molecule has 8 N–H and O–H groups in total. The molecule has 0 heterocycles. The lowest BCUT2D eigenvalue weighted by Gasteiger charge is -2.43. The second-order valence-electron chi connectivity index (χ2n) is 17.0. The highest BCUT2D eigenvalue weighted by Gasteiger charge is 2.54. The maximum absolute atomic E-state index is 13.0. The van der Waals surface area contributed by atoms with Gasteiger partial charge in [0.1, 0.15) is 43.2 Å². The molecule has 0 spiro atoms. The maximum atomic E-state index is 13.0. The van der Waals surface area contributed by atoms with Crippen molar-refractivity contribution < 1.29 is 82.0 Å². The van der Waals surface area contributed by atoms with Gasteiger partial charge in [-0.2, -0.15) is 0 Å². The van der Waals surface area contributed by atoms with Crippen LogP contribution in [0.2, 0.25) is 0 Å². The van der Waals surface area contributed by atoms with Crippen molar-refractivity contribution in [2.45, 2.75) is 185 Å². The summed E-state index contributed by atoms with van der Waals surface area (Å²) in [6.07, 6.45) is 38.9. The lowest BCUT2D eigenvalue weighted by molar-refractivity contribution is -0.216. The summed E-state index contributed by atoms with van der Waals surface area (Å²) in [6, 6.07) is 0. The van der Waals surface area contributed by atoms with Crippen LogP contribution in [-0.2, 0) is 41.8 Å². The Morgan fingerprint density at radius 1 is 0.528 bits per heavy atom.